The lowest BCUT2D eigenvalue weighted by Crippen LogP contribution is -2.71. The smallest absolute Gasteiger partial charge is 0.217 e. The second-order valence-corrected chi connectivity index (χ2v) is 36.6. The minimum atomic E-state index is -2.74. The SMILES string of the molecule is CC(=O)N[C@@H]1[C@@H](O)[C@H](O[C@@H]2O[C@H](CO)[C@@H](O[C@@H]3O[C@H](CO[C@H]4O[C@H](CO)[C@@H](O)[C@H](O)[C@@H]4O[C@@H]4O[C@H](CO)[C@@H](O[C@@H]5O[C@@H](C)[C@@H](O)[C@@H](O)[C@@H]5O)[C@H](O[C@@H]5O[C@H](CO)[C@H](O)[C@H](O)[C@H]5O)[C@H]4NC(C)=O)[C@@H](O)[C@H](O[C@H]4O[C@H](CO)[C@@H](O)[C@H](O)[C@@H]4O[C@@H]4O[C@H](CO)[C@@H](O[C@@H]5O[C@@H](C)[C@@H](O)[C@@H](O)[C@@H]5O)[C@H](O[C@@H]5O[C@H](CO)[C@H](O)[C@H](O)[C@@H]5O)[C@H]4NC(C)=O)[C@@H]3O)[C@H](O)[C@H]2NC(C)=O)[C@@H](CO[C@@H]2O[C@@H](C)[C@@H](O)[C@@H](O)[C@@H]2O)O[C@H]1O. The van der Waals surface area contributed by atoms with E-state index < -0.39 is 451 Å². The molecule has 62 heteroatoms. The Bertz CT molecular complexity index is 3940. The van der Waals surface area contributed by atoms with E-state index in [0.717, 1.165) is 27.7 Å². The average molecular weight is 2080 g/mol. The van der Waals surface area contributed by atoms with E-state index in [9.17, 15) is 177 Å². The summed E-state index contributed by atoms with van der Waals surface area (Å²) in [7, 11) is 0. The molecule has 0 unspecified atom stereocenters. The first-order valence-corrected chi connectivity index (χ1v) is 45.7. The Morgan fingerprint density at radius 2 is 0.451 bits per heavy atom. The molecule has 0 aliphatic carbocycles. The zero-order valence-electron chi connectivity index (χ0n) is 76.9. The van der Waals surface area contributed by atoms with E-state index in [1.807, 2.05) is 0 Å². The average Bonchev–Trinajstić information content (AvgIpc) is 0.755. The summed E-state index contributed by atoms with van der Waals surface area (Å²) in [6, 6.07) is -8.13. The number of rotatable bonds is 35. The van der Waals surface area contributed by atoms with E-state index in [-0.39, 0.29) is 0 Å². The van der Waals surface area contributed by atoms with Crippen molar-refractivity contribution in [1.82, 2.24) is 21.3 Å². The van der Waals surface area contributed by atoms with Crippen LogP contribution in [0.1, 0.15) is 48.5 Å². The number of amides is 4. The van der Waals surface area contributed by atoms with Crippen LogP contribution in [-0.2, 0) is 128 Å². The molecule has 0 aromatic rings. The van der Waals surface area contributed by atoms with Crippen molar-refractivity contribution in [3.05, 3.63) is 0 Å². The molecular formula is C80H134N4O58. The van der Waals surface area contributed by atoms with Crippen molar-refractivity contribution in [2.45, 2.75) is 417 Å². The first-order valence-electron chi connectivity index (χ1n) is 45.7. The molecule has 0 saturated carbocycles. The quantitative estimate of drug-likeness (QED) is 0.0280. The molecule has 0 spiro atoms. The van der Waals surface area contributed by atoms with E-state index in [4.69, 9.17) is 109 Å². The molecule has 12 saturated heterocycles. The molecule has 35 N–H and O–H groups in total. The molecule has 12 aliphatic heterocycles. The summed E-state index contributed by atoms with van der Waals surface area (Å²) in [5.74, 6) is -4.03. The minimum Gasteiger partial charge on any atom is -0.394 e. The molecule has 0 radical (unpaired) electrons. The number of hydrogen-bond donors (Lipinski definition) is 35. The summed E-state index contributed by atoms with van der Waals surface area (Å²) in [6.45, 7) is -3.37. The van der Waals surface area contributed by atoms with Crippen LogP contribution in [0.25, 0.3) is 0 Å². The van der Waals surface area contributed by atoms with Gasteiger partial charge < -0.3 is 289 Å². The van der Waals surface area contributed by atoms with Crippen molar-refractivity contribution in [2.24, 2.45) is 0 Å². The summed E-state index contributed by atoms with van der Waals surface area (Å²) in [5, 5.41) is 360. The molecule has 822 valence electrons. The maximum atomic E-state index is 13.7. The van der Waals surface area contributed by atoms with Gasteiger partial charge in [-0.15, -0.1) is 0 Å². The maximum absolute atomic E-state index is 13.7. The Kier molecular flexibility index (Phi) is 41.2. The Morgan fingerprint density at radius 3 is 0.859 bits per heavy atom. The second-order valence-electron chi connectivity index (χ2n) is 36.6. The van der Waals surface area contributed by atoms with E-state index >= 15 is 0 Å². The first-order chi connectivity index (χ1) is 67.1. The third-order valence-electron chi connectivity index (χ3n) is 26.6. The lowest BCUT2D eigenvalue weighted by Gasteiger charge is -2.52. The highest BCUT2D eigenvalue weighted by Gasteiger charge is 2.64. The Morgan fingerprint density at radius 1 is 0.197 bits per heavy atom. The number of carbonyl (C=O) groups excluding carboxylic acids is 4. The highest BCUT2D eigenvalue weighted by atomic mass is 16.8. The fraction of sp³-hybridized carbons (Fsp3) is 0.950. The largest absolute Gasteiger partial charge is 0.394 e. The van der Waals surface area contributed by atoms with Crippen molar-refractivity contribution in [2.75, 3.05) is 59.5 Å². The number of ether oxygens (including phenoxy) is 23. The maximum Gasteiger partial charge on any atom is 0.217 e. The van der Waals surface area contributed by atoms with Gasteiger partial charge in [-0.3, -0.25) is 19.2 Å². The Balaban J connectivity index is 0.918. The lowest BCUT2D eigenvalue weighted by atomic mass is 9.93. The highest BCUT2D eigenvalue weighted by molar-refractivity contribution is 5.74. The molecule has 12 fully saturated rings. The molecule has 12 rings (SSSR count). The van der Waals surface area contributed by atoms with Crippen LogP contribution in [0.15, 0.2) is 0 Å². The topological polar surface area (TPSA) is 956 Å². The van der Waals surface area contributed by atoms with Gasteiger partial charge in [0, 0.05) is 27.7 Å². The van der Waals surface area contributed by atoms with Gasteiger partial charge in [-0.2, -0.15) is 0 Å². The number of aliphatic hydroxyl groups is 31. The van der Waals surface area contributed by atoms with E-state index in [1.54, 1.807) is 0 Å². The van der Waals surface area contributed by atoms with Gasteiger partial charge in [-0.25, -0.2) is 0 Å². The fourth-order valence-electron chi connectivity index (χ4n) is 18.6. The number of aliphatic hydroxyl groups excluding tert-OH is 31. The second kappa shape index (κ2) is 50.3. The lowest BCUT2D eigenvalue weighted by molar-refractivity contribution is -0.404. The molecular weight excluding hydrogens is 1940 g/mol. The van der Waals surface area contributed by atoms with Crippen LogP contribution in [0.3, 0.4) is 0 Å². The first kappa shape index (κ1) is 116. The minimum absolute atomic E-state index is 0.875. The normalized spacial score (nSPS) is 50.9. The van der Waals surface area contributed by atoms with E-state index in [1.165, 1.54) is 20.8 Å². The standard InChI is InChI=1S/C80H134N4O58/c1-17-37(96)47(106)54(113)73(122-17)120-16-32-61(45(104)33(69(119)125-32)81-20(4)92)134-70-34(82-21(5)93)46(105)60(28(12-89)130-70)135-78-59(118)66(140-80-68(53(112)43(102)27(11-88)129-80)142-72-36(84-23(7)95)65(139-77-58(117)51(110)41(100)25(9-86)127-77)63(30(14-91)132-72)137-75-56(115)49(108)39(98)19(3)124-75)44(103)31(133-78)15-121-79-67(52(111)42(101)26(10-87)128-79)141-71-35(83-22(6)94)64(138-76-57(116)50(109)40(99)24(8-85)126-76)62(29(13-90)131-71)136-74-55(114)48(107)38(97)18(2)123-74/h17-19,24-80,85-91,96-119H,8-16H2,1-7H3,(H,81,92)(H,82,93)(H,83,94)(H,84,95)/t17-,18-,19-,24+,25+,26+,27+,28+,29+,30+,31+,32+,33+,34+,35+,36+,37+,38+,39+,40-,41-,42+,43+,44+,45+,46+,47+,48+,49+,50-,51-,52-,53-,54-,55-,56-,57+,58-,59-,60+,61+,62+,63+,64+,65+,66-,67-,68-,69+,70-,71-,72-,73+,74-,75-,76-,77-,78-,79-,80+/m0/s1. The van der Waals surface area contributed by atoms with Gasteiger partial charge in [0.15, 0.2) is 75.5 Å². The zero-order chi connectivity index (χ0) is 104. The van der Waals surface area contributed by atoms with Gasteiger partial charge in [0.1, 0.15) is 274 Å². The van der Waals surface area contributed by atoms with Crippen LogP contribution in [0.5, 0.6) is 0 Å². The number of nitrogens with one attached hydrogen (secondary N) is 4. The predicted molar refractivity (Wildman–Crippen MR) is 437 cm³/mol. The van der Waals surface area contributed by atoms with Crippen LogP contribution in [0.4, 0.5) is 0 Å². The number of hydrogen-bond acceptors (Lipinski definition) is 58. The summed E-state index contributed by atoms with van der Waals surface area (Å²) >= 11 is 0. The predicted octanol–water partition coefficient (Wildman–Crippen LogP) is -23.5. The van der Waals surface area contributed by atoms with E-state index in [0.29, 0.717) is 0 Å². The van der Waals surface area contributed by atoms with Crippen LogP contribution in [0, 0.1) is 0 Å². The summed E-state index contributed by atoms with van der Waals surface area (Å²) < 4.78 is 140. The molecule has 12 aliphatic rings. The van der Waals surface area contributed by atoms with Gasteiger partial charge in [-0.05, 0) is 20.8 Å². The van der Waals surface area contributed by atoms with Crippen molar-refractivity contribution in [3.63, 3.8) is 0 Å². The third-order valence-corrected chi connectivity index (χ3v) is 26.6. The summed E-state index contributed by atoms with van der Waals surface area (Å²) in [5.41, 5.74) is 0. The van der Waals surface area contributed by atoms with Crippen molar-refractivity contribution in [1.29, 1.82) is 0 Å². The molecule has 0 aromatic heterocycles. The molecule has 60 atom stereocenters. The van der Waals surface area contributed by atoms with Crippen LogP contribution >= 0.6 is 0 Å². The van der Waals surface area contributed by atoms with E-state index in [2.05, 4.69) is 21.3 Å². The Hall–Kier alpha value is -4.28. The molecule has 4 amide bonds. The van der Waals surface area contributed by atoms with Crippen LogP contribution in [0.2, 0.25) is 0 Å². The monoisotopic (exact) mass is 2080 g/mol. The van der Waals surface area contributed by atoms with Gasteiger partial charge in [0.05, 0.1) is 77.8 Å². The highest BCUT2D eigenvalue weighted by Crippen LogP contribution is 2.43. The van der Waals surface area contributed by atoms with Crippen molar-refractivity contribution >= 4 is 23.6 Å². The van der Waals surface area contributed by atoms with Crippen molar-refractivity contribution in [3.8, 4) is 0 Å². The fourth-order valence-corrected chi connectivity index (χ4v) is 18.6. The molecule has 142 heavy (non-hydrogen) atoms. The van der Waals surface area contributed by atoms with Gasteiger partial charge >= 0.3 is 0 Å². The van der Waals surface area contributed by atoms with Gasteiger partial charge in [0.25, 0.3) is 0 Å². The zero-order valence-corrected chi connectivity index (χ0v) is 76.9. The summed E-state index contributed by atoms with van der Waals surface area (Å²) in [6.07, 6.45) is -119. The number of carbonyl (C=O) groups is 4. The van der Waals surface area contributed by atoms with Crippen LogP contribution in [-0.4, -0.2) is 610 Å². The Labute approximate surface area is 805 Å². The third kappa shape index (κ3) is 25.4. The molecule has 0 aromatic carbocycles. The molecule has 62 nitrogen and oxygen atoms in total. The van der Waals surface area contributed by atoms with Gasteiger partial charge in [-0.1, -0.05) is 0 Å². The summed E-state index contributed by atoms with van der Waals surface area (Å²) in [4.78, 5) is 53.3. The van der Waals surface area contributed by atoms with Crippen LogP contribution < -0.4 is 21.3 Å². The molecule has 12 heterocycles. The molecule has 0 bridgehead atoms. The van der Waals surface area contributed by atoms with Crippen molar-refractivity contribution < 1.29 is 286 Å². The van der Waals surface area contributed by atoms with Gasteiger partial charge in [0.2, 0.25) is 23.6 Å².